The van der Waals surface area contributed by atoms with E-state index < -0.39 is 5.97 Å². The normalized spacial score (nSPS) is 11.5. The molecule has 0 fully saturated rings. The first-order valence-corrected chi connectivity index (χ1v) is 6.62. The maximum absolute atomic E-state index is 11.0. The van der Waals surface area contributed by atoms with Crippen molar-refractivity contribution in [2.75, 3.05) is 0 Å². The van der Waals surface area contributed by atoms with E-state index in [1.54, 1.807) is 6.07 Å². The summed E-state index contributed by atoms with van der Waals surface area (Å²) in [5, 5.41) is 14.5. The van der Waals surface area contributed by atoms with Gasteiger partial charge < -0.3 is 5.11 Å². The summed E-state index contributed by atoms with van der Waals surface area (Å²) in [5.74, 6) is -0.860. The number of aromatic carboxylic acids is 1. The number of aromatic nitrogens is 2. The van der Waals surface area contributed by atoms with Crippen molar-refractivity contribution in [2.24, 2.45) is 0 Å². The first-order valence-electron chi connectivity index (χ1n) is 5.80. The molecular formula is C12H16N2O2S. The van der Waals surface area contributed by atoms with Crippen molar-refractivity contribution in [1.29, 1.82) is 0 Å². The minimum Gasteiger partial charge on any atom is -0.477 e. The van der Waals surface area contributed by atoms with Crippen molar-refractivity contribution in [2.45, 2.75) is 39.7 Å². The molecule has 0 aliphatic heterocycles. The number of carbonyl (C=O) groups is 1. The summed E-state index contributed by atoms with van der Waals surface area (Å²) >= 11 is 1.31. The van der Waals surface area contributed by atoms with Crippen LogP contribution in [0.3, 0.4) is 0 Å². The molecule has 0 radical (unpaired) electrons. The lowest BCUT2D eigenvalue weighted by molar-refractivity contribution is 0.0702. The quantitative estimate of drug-likeness (QED) is 0.906. The fourth-order valence-corrected chi connectivity index (χ4v) is 3.13. The molecule has 0 unspecified atom stereocenters. The first-order chi connectivity index (χ1) is 8.08. The monoisotopic (exact) mass is 252 g/mol. The highest BCUT2D eigenvalue weighted by Crippen LogP contribution is 2.31. The summed E-state index contributed by atoms with van der Waals surface area (Å²) in [6.45, 7) is 6.19. The number of carboxylic acids is 1. The van der Waals surface area contributed by atoms with E-state index in [4.69, 9.17) is 5.11 Å². The Kier molecular flexibility index (Phi) is 3.19. The molecule has 2 rings (SSSR count). The predicted molar refractivity (Wildman–Crippen MR) is 68.9 cm³/mol. The van der Waals surface area contributed by atoms with Crippen LogP contribution in [0.25, 0.3) is 10.2 Å². The molecule has 2 aromatic heterocycles. The molecule has 0 spiro atoms. The maximum atomic E-state index is 11.0. The van der Waals surface area contributed by atoms with Gasteiger partial charge in [-0.15, -0.1) is 11.3 Å². The molecule has 5 heteroatoms. The standard InChI is InChI=1S/C12H16N2O2S/c1-4-8(5-2)14-11-9(7(3)13-14)6-10(17-11)12(15)16/h6,8H,4-5H2,1-3H3,(H,15,16). The van der Waals surface area contributed by atoms with Gasteiger partial charge in [0.2, 0.25) is 0 Å². The lowest BCUT2D eigenvalue weighted by Gasteiger charge is -2.13. The largest absolute Gasteiger partial charge is 0.477 e. The molecule has 0 aliphatic carbocycles. The fraction of sp³-hybridized carbons (Fsp3) is 0.500. The number of nitrogens with zero attached hydrogens (tertiary/aromatic N) is 2. The zero-order valence-electron chi connectivity index (χ0n) is 10.2. The van der Waals surface area contributed by atoms with E-state index in [-0.39, 0.29) is 0 Å². The lowest BCUT2D eigenvalue weighted by Crippen LogP contribution is -2.08. The number of carboxylic acid groups (broad SMARTS) is 1. The third-order valence-electron chi connectivity index (χ3n) is 3.07. The van der Waals surface area contributed by atoms with Crippen LogP contribution in [-0.4, -0.2) is 20.9 Å². The van der Waals surface area contributed by atoms with E-state index >= 15 is 0 Å². The highest BCUT2D eigenvalue weighted by atomic mass is 32.1. The Balaban J connectivity index is 2.60. The predicted octanol–water partition coefficient (Wildman–Crippen LogP) is 3.47. The molecule has 0 aliphatic rings. The van der Waals surface area contributed by atoms with Crippen LogP contribution >= 0.6 is 11.3 Å². The molecule has 2 aromatic rings. The van der Waals surface area contributed by atoms with Gasteiger partial charge >= 0.3 is 5.97 Å². The minimum atomic E-state index is -0.860. The summed E-state index contributed by atoms with van der Waals surface area (Å²) in [6.07, 6.45) is 2.01. The van der Waals surface area contributed by atoms with Gasteiger partial charge in [0.05, 0.1) is 11.7 Å². The van der Waals surface area contributed by atoms with Crippen LogP contribution in [0.15, 0.2) is 6.07 Å². The Morgan fingerprint density at radius 3 is 2.71 bits per heavy atom. The number of thiophene rings is 1. The van der Waals surface area contributed by atoms with Gasteiger partial charge in [-0.2, -0.15) is 5.10 Å². The third-order valence-corrected chi connectivity index (χ3v) is 4.18. The van der Waals surface area contributed by atoms with Crippen LogP contribution in [0.5, 0.6) is 0 Å². The molecule has 4 nitrogen and oxygen atoms in total. The van der Waals surface area contributed by atoms with E-state index in [0.29, 0.717) is 10.9 Å². The molecule has 0 bridgehead atoms. The molecule has 0 saturated carbocycles. The van der Waals surface area contributed by atoms with E-state index in [1.807, 2.05) is 11.6 Å². The Labute approximate surface area is 104 Å². The zero-order chi connectivity index (χ0) is 12.6. The van der Waals surface area contributed by atoms with Gasteiger partial charge in [-0.05, 0) is 25.8 Å². The van der Waals surface area contributed by atoms with Crippen molar-refractivity contribution in [3.8, 4) is 0 Å². The summed E-state index contributed by atoms with van der Waals surface area (Å²) in [7, 11) is 0. The van der Waals surface area contributed by atoms with Gasteiger partial charge in [0.1, 0.15) is 9.71 Å². The van der Waals surface area contributed by atoms with E-state index in [9.17, 15) is 4.79 Å². The molecule has 92 valence electrons. The SMILES string of the molecule is CCC(CC)n1nc(C)c2cc(C(=O)O)sc21. The van der Waals surface area contributed by atoms with Crippen molar-refractivity contribution >= 4 is 27.5 Å². The fourth-order valence-electron chi connectivity index (χ4n) is 2.06. The molecular weight excluding hydrogens is 236 g/mol. The van der Waals surface area contributed by atoms with Gasteiger partial charge in [-0.25, -0.2) is 4.79 Å². The average Bonchev–Trinajstić information content (AvgIpc) is 2.83. The molecule has 0 aromatic carbocycles. The third kappa shape index (κ3) is 1.95. The van der Waals surface area contributed by atoms with E-state index in [2.05, 4.69) is 18.9 Å². The average molecular weight is 252 g/mol. The van der Waals surface area contributed by atoms with Gasteiger partial charge in [0, 0.05) is 5.39 Å². The second-order valence-electron chi connectivity index (χ2n) is 4.13. The van der Waals surface area contributed by atoms with E-state index in [1.165, 1.54) is 11.3 Å². The van der Waals surface area contributed by atoms with Gasteiger partial charge in [-0.3, -0.25) is 4.68 Å². The summed E-state index contributed by atoms with van der Waals surface area (Å²) < 4.78 is 1.99. The van der Waals surface area contributed by atoms with Crippen LogP contribution in [0.1, 0.15) is 48.1 Å². The second kappa shape index (κ2) is 4.49. The Morgan fingerprint density at radius 2 is 2.18 bits per heavy atom. The number of hydrogen-bond donors (Lipinski definition) is 1. The van der Waals surface area contributed by atoms with Crippen LogP contribution in [0.4, 0.5) is 0 Å². The van der Waals surface area contributed by atoms with Crippen LogP contribution in [0.2, 0.25) is 0 Å². The minimum absolute atomic E-state index is 0.353. The van der Waals surface area contributed by atoms with Gasteiger partial charge in [0.25, 0.3) is 0 Å². The number of fused-ring (bicyclic) bond motifs is 1. The molecule has 1 N–H and O–H groups in total. The molecule has 0 atom stereocenters. The zero-order valence-corrected chi connectivity index (χ0v) is 11.0. The van der Waals surface area contributed by atoms with Crippen molar-refractivity contribution in [3.63, 3.8) is 0 Å². The topological polar surface area (TPSA) is 55.1 Å². The summed E-state index contributed by atoms with van der Waals surface area (Å²) in [4.78, 5) is 12.4. The smallest absolute Gasteiger partial charge is 0.345 e. The molecule has 0 amide bonds. The second-order valence-corrected chi connectivity index (χ2v) is 5.17. The van der Waals surface area contributed by atoms with Crippen molar-refractivity contribution < 1.29 is 9.90 Å². The number of hydrogen-bond acceptors (Lipinski definition) is 3. The van der Waals surface area contributed by atoms with Crippen LogP contribution in [0, 0.1) is 6.92 Å². The molecule has 17 heavy (non-hydrogen) atoms. The van der Waals surface area contributed by atoms with E-state index in [0.717, 1.165) is 28.8 Å². The molecule has 0 saturated heterocycles. The Bertz CT molecular complexity index is 552. The van der Waals surface area contributed by atoms with Crippen LogP contribution < -0.4 is 0 Å². The highest BCUT2D eigenvalue weighted by Gasteiger charge is 2.18. The Morgan fingerprint density at radius 1 is 1.53 bits per heavy atom. The Hall–Kier alpha value is -1.36. The first kappa shape index (κ1) is 12.1. The van der Waals surface area contributed by atoms with Crippen LogP contribution in [-0.2, 0) is 0 Å². The van der Waals surface area contributed by atoms with Crippen molar-refractivity contribution in [3.05, 3.63) is 16.6 Å². The lowest BCUT2D eigenvalue weighted by atomic mass is 10.2. The number of aryl methyl sites for hydroxylation is 1. The maximum Gasteiger partial charge on any atom is 0.345 e. The summed E-state index contributed by atoms with van der Waals surface area (Å²) in [5.41, 5.74) is 0.913. The molecule has 2 heterocycles. The summed E-state index contributed by atoms with van der Waals surface area (Å²) in [6, 6.07) is 2.08. The highest BCUT2D eigenvalue weighted by molar-refractivity contribution is 7.20. The van der Waals surface area contributed by atoms with Crippen molar-refractivity contribution in [1.82, 2.24) is 9.78 Å². The van der Waals surface area contributed by atoms with Gasteiger partial charge in [-0.1, -0.05) is 13.8 Å². The van der Waals surface area contributed by atoms with Gasteiger partial charge in [0.15, 0.2) is 0 Å². The number of rotatable bonds is 4.